The number of ether oxygens (including phenoxy) is 1. The molecular weight excluding hydrogens is 188 g/mol. The van der Waals surface area contributed by atoms with Crippen molar-refractivity contribution in [1.82, 2.24) is 0 Å². The fourth-order valence-electron chi connectivity index (χ4n) is 1.47. The van der Waals surface area contributed by atoms with E-state index >= 15 is 0 Å². The van der Waals surface area contributed by atoms with Gasteiger partial charge in [-0.3, -0.25) is 4.79 Å². The molecule has 0 spiro atoms. The van der Waals surface area contributed by atoms with Crippen LogP contribution in [0.4, 0.5) is 0 Å². The molecule has 2 nitrogen and oxygen atoms in total. The van der Waals surface area contributed by atoms with Gasteiger partial charge in [0.2, 0.25) is 0 Å². The molecule has 0 saturated heterocycles. The molecule has 0 fully saturated rings. The second-order valence-electron chi connectivity index (χ2n) is 3.53. The minimum atomic E-state index is -0.127. The molecule has 0 aromatic heterocycles. The summed E-state index contributed by atoms with van der Waals surface area (Å²) in [5, 5.41) is 0. The van der Waals surface area contributed by atoms with E-state index in [1.165, 1.54) is 0 Å². The monoisotopic (exact) mass is 206 g/mol. The third kappa shape index (κ3) is 3.74. The molecule has 0 saturated carbocycles. The summed E-state index contributed by atoms with van der Waals surface area (Å²) in [7, 11) is 0. The molecule has 1 aromatic rings. The number of benzene rings is 1. The van der Waals surface area contributed by atoms with Crippen molar-refractivity contribution in [2.24, 2.45) is 0 Å². The molecule has 0 heterocycles. The van der Waals surface area contributed by atoms with Gasteiger partial charge in [-0.05, 0) is 12.0 Å². The standard InChI is InChI=1S/C13H18O2/c1-3-8-12(15-13(14)4-2)11-9-6-5-7-10-11/h5-7,9-10,12H,3-4,8H2,1-2H3/t12-/m0/s1. The number of hydrogen-bond donors (Lipinski definition) is 0. The Hall–Kier alpha value is -1.31. The summed E-state index contributed by atoms with van der Waals surface area (Å²) in [6, 6.07) is 9.91. The lowest BCUT2D eigenvalue weighted by Gasteiger charge is -2.17. The van der Waals surface area contributed by atoms with Crippen LogP contribution in [0.25, 0.3) is 0 Å². The Morgan fingerprint density at radius 1 is 1.27 bits per heavy atom. The van der Waals surface area contributed by atoms with Crippen molar-refractivity contribution in [3.05, 3.63) is 35.9 Å². The lowest BCUT2D eigenvalue weighted by molar-refractivity contribution is -0.149. The zero-order chi connectivity index (χ0) is 11.1. The Labute approximate surface area is 91.3 Å². The number of carbonyl (C=O) groups excluding carboxylic acids is 1. The molecule has 1 aromatic carbocycles. The second-order valence-corrected chi connectivity index (χ2v) is 3.53. The fraction of sp³-hybridized carbons (Fsp3) is 0.462. The van der Waals surface area contributed by atoms with Gasteiger partial charge in [-0.2, -0.15) is 0 Å². The maximum absolute atomic E-state index is 11.2. The van der Waals surface area contributed by atoms with Crippen LogP contribution < -0.4 is 0 Å². The van der Waals surface area contributed by atoms with Crippen molar-refractivity contribution < 1.29 is 9.53 Å². The van der Waals surface area contributed by atoms with Gasteiger partial charge in [-0.1, -0.05) is 50.6 Å². The molecule has 0 bridgehead atoms. The predicted molar refractivity (Wildman–Crippen MR) is 60.5 cm³/mol. The van der Waals surface area contributed by atoms with Crippen molar-refractivity contribution >= 4 is 5.97 Å². The first-order valence-electron chi connectivity index (χ1n) is 5.52. The molecule has 0 amide bonds. The van der Waals surface area contributed by atoms with Crippen LogP contribution in [0.3, 0.4) is 0 Å². The zero-order valence-electron chi connectivity index (χ0n) is 9.40. The van der Waals surface area contributed by atoms with Crippen molar-refractivity contribution in [2.45, 2.75) is 39.2 Å². The highest BCUT2D eigenvalue weighted by Crippen LogP contribution is 2.22. The summed E-state index contributed by atoms with van der Waals surface area (Å²) in [6.45, 7) is 3.91. The molecule has 2 heteroatoms. The van der Waals surface area contributed by atoms with E-state index < -0.39 is 0 Å². The van der Waals surface area contributed by atoms with Crippen molar-refractivity contribution in [2.75, 3.05) is 0 Å². The van der Waals surface area contributed by atoms with Gasteiger partial charge in [-0.25, -0.2) is 0 Å². The Bertz CT molecular complexity index is 293. The maximum Gasteiger partial charge on any atom is 0.306 e. The fourth-order valence-corrected chi connectivity index (χ4v) is 1.47. The minimum Gasteiger partial charge on any atom is -0.457 e. The zero-order valence-corrected chi connectivity index (χ0v) is 9.40. The highest BCUT2D eigenvalue weighted by molar-refractivity contribution is 5.69. The van der Waals surface area contributed by atoms with Gasteiger partial charge >= 0.3 is 5.97 Å². The molecule has 1 atom stereocenters. The second kappa shape index (κ2) is 6.23. The third-order valence-electron chi connectivity index (χ3n) is 2.28. The lowest BCUT2D eigenvalue weighted by Crippen LogP contribution is -2.10. The van der Waals surface area contributed by atoms with Gasteiger partial charge in [0.15, 0.2) is 0 Å². The normalized spacial score (nSPS) is 12.1. The molecule has 15 heavy (non-hydrogen) atoms. The molecule has 0 aliphatic carbocycles. The van der Waals surface area contributed by atoms with E-state index in [1.54, 1.807) is 0 Å². The molecule has 1 rings (SSSR count). The third-order valence-corrected chi connectivity index (χ3v) is 2.28. The summed E-state index contributed by atoms with van der Waals surface area (Å²) in [5.74, 6) is -0.127. The number of rotatable bonds is 5. The van der Waals surface area contributed by atoms with Crippen molar-refractivity contribution in [1.29, 1.82) is 0 Å². The van der Waals surface area contributed by atoms with E-state index in [4.69, 9.17) is 4.74 Å². The first-order valence-corrected chi connectivity index (χ1v) is 5.52. The lowest BCUT2D eigenvalue weighted by atomic mass is 10.1. The van der Waals surface area contributed by atoms with E-state index in [-0.39, 0.29) is 12.1 Å². The first kappa shape index (κ1) is 11.8. The molecular formula is C13H18O2. The molecule has 0 aliphatic rings. The molecule has 82 valence electrons. The quantitative estimate of drug-likeness (QED) is 0.689. The van der Waals surface area contributed by atoms with Crippen molar-refractivity contribution in [3.63, 3.8) is 0 Å². The van der Waals surface area contributed by atoms with Crippen molar-refractivity contribution in [3.8, 4) is 0 Å². The average molecular weight is 206 g/mol. The van der Waals surface area contributed by atoms with Crippen LogP contribution in [-0.4, -0.2) is 5.97 Å². The van der Waals surface area contributed by atoms with Gasteiger partial charge in [0.1, 0.15) is 6.10 Å². The summed E-state index contributed by atoms with van der Waals surface area (Å²) >= 11 is 0. The highest BCUT2D eigenvalue weighted by Gasteiger charge is 2.13. The Kier molecular flexibility index (Phi) is 4.88. The van der Waals surface area contributed by atoms with E-state index in [0.29, 0.717) is 6.42 Å². The first-order chi connectivity index (χ1) is 7.27. The largest absolute Gasteiger partial charge is 0.457 e. The molecule has 0 radical (unpaired) electrons. The van der Waals surface area contributed by atoms with E-state index in [2.05, 4.69) is 6.92 Å². The molecule has 0 unspecified atom stereocenters. The minimum absolute atomic E-state index is 0.0800. The van der Waals surface area contributed by atoms with Crippen LogP contribution >= 0.6 is 0 Å². The summed E-state index contributed by atoms with van der Waals surface area (Å²) in [4.78, 5) is 11.2. The Balaban J connectivity index is 2.70. The summed E-state index contributed by atoms with van der Waals surface area (Å²) in [5.41, 5.74) is 1.08. The Morgan fingerprint density at radius 2 is 1.93 bits per heavy atom. The van der Waals surface area contributed by atoms with Crippen LogP contribution in [0.5, 0.6) is 0 Å². The van der Waals surface area contributed by atoms with Crippen LogP contribution in [-0.2, 0) is 9.53 Å². The van der Waals surface area contributed by atoms with Crippen LogP contribution in [0.15, 0.2) is 30.3 Å². The van der Waals surface area contributed by atoms with Crippen LogP contribution in [0.1, 0.15) is 44.8 Å². The number of esters is 1. The van der Waals surface area contributed by atoms with E-state index in [9.17, 15) is 4.79 Å². The summed E-state index contributed by atoms with van der Waals surface area (Å²) in [6.07, 6.45) is 2.25. The molecule has 0 aliphatic heterocycles. The van der Waals surface area contributed by atoms with E-state index in [0.717, 1.165) is 18.4 Å². The topological polar surface area (TPSA) is 26.3 Å². The maximum atomic E-state index is 11.2. The number of hydrogen-bond acceptors (Lipinski definition) is 2. The van der Waals surface area contributed by atoms with Crippen LogP contribution in [0.2, 0.25) is 0 Å². The van der Waals surface area contributed by atoms with Crippen LogP contribution in [0, 0.1) is 0 Å². The average Bonchev–Trinajstić information content (AvgIpc) is 2.29. The van der Waals surface area contributed by atoms with Gasteiger partial charge < -0.3 is 4.74 Å². The number of carbonyl (C=O) groups is 1. The van der Waals surface area contributed by atoms with Gasteiger partial charge in [0.05, 0.1) is 0 Å². The Morgan fingerprint density at radius 3 is 2.47 bits per heavy atom. The van der Waals surface area contributed by atoms with Gasteiger partial charge in [-0.15, -0.1) is 0 Å². The van der Waals surface area contributed by atoms with Gasteiger partial charge in [0.25, 0.3) is 0 Å². The summed E-state index contributed by atoms with van der Waals surface area (Å²) < 4.78 is 5.39. The highest BCUT2D eigenvalue weighted by atomic mass is 16.5. The molecule has 0 N–H and O–H groups in total. The SMILES string of the molecule is CCC[C@H](OC(=O)CC)c1ccccc1. The predicted octanol–water partition coefficient (Wildman–Crippen LogP) is 3.48. The smallest absolute Gasteiger partial charge is 0.306 e. The van der Waals surface area contributed by atoms with Gasteiger partial charge in [0, 0.05) is 6.42 Å². The van der Waals surface area contributed by atoms with E-state index in [1.807, 2.05) is 37.3 Å².